The van der Waals surface area contributed by atoms with Crippen molar-refractivity contribution in [2.24, 2.45) is 0 Å². The smallest absolute Gasteiger partial charge is 0.249 e. The Morgan fingerprint density at radius 3 is 3.10 bits per heavy atom. The number of piperidine rings is 1. The average molecular weight is 294 g/mol. The van der Waals surface area contributed by atoms with Crippen LogP contribution in [0.4, 0.5) is 0 Å². The Morgan fingerprint density at radius 1 is 1.50 bits per heavy atom. The van der Waals surface area contributed by atoms with E-state index in [4.69, 9.17) is 4.74 Å². The molecule has 5 heteroatoms. The van der Waals surface area contributed by atoms with Gasteiger partial charge in [-0.05, 0) is 56.3 Å². The molecule has 1 unspecified atom stereocenters. The molecular formula is C15H22N2O2S. The molecule has 3 heterocycles. The van der Waals surface area contributed by atoms with Crippen LogP contribution in [0, 0.1) is 0 Å². The van der Waals surface area contributed by atoms with Crippen molar-refractivity contribution in [3.63, 3.8) is 0 Å². The van der Waals surface area contributed by atoms with Gasteiger partial charge in [0.2, 0.25) is 5.91 Å². The molecule has 0 spiro atoms. The number of carbonyl (C=O) groups excluding carboxylic acids is 1. The molecule has 1 saturated heterocycles. The van der Waals surface area contributed by atoms with Gasteiger partial charge in [0.25, 0.3) is 0 Å². The standard InChI is InChI=1S/C15H22N2O2S/c1-11-13-5-9-20-14(13)4-8-17(11)15(18)10-19-12-2-6-16-7-3-12/h5,9,11-12,16H,2-4,6-8,10H2,1H3. The van der Waals surface area contributed by atoms with Crippen LogP contribution in [-0.2, 0) is 16.0 Å². The fourth-order valence-electron chi connectivity index (χ4n) is 3.08. The van der Waals surface area contributed by atoms with E-state index in [9.17, 15) is 4.79 Å². The van der Waals surface area contributed by atoms with Crippen LogP contribution in [0.15, 0.2) is 11.4 Å². The van der Waals surface area contributed by atoms with E-state index >= 15 is 0 Å². The Hall–Kier alpha value is -0.910. The first-order valence-electron chi connectivity index (χ1n) is 7.44. The summed E-state index contributed by atoms with van der Waals surface area (Å²) in [7, 11) is 0. The van der Waals surface area contributed by atoms with Gasteiger partial charge in [0.15, 0.2) is 0 Å². The number of thiophene rings is 1. The van der Waals surface area contributed by atoms with Gasteiger partial charge in [-0.15, -0.1) is 11.3 Å². The topological polar surface area (TPSA) is 41.6 Å². The Kier molecular flexibility index (Phi) is 4.38. The second kappa shape index (κ2) is 6.24. The molecule has 2 aliphatic rings. The highest BCUT2D eigenvalue weighted by Crippen LogP contribution is 2.32. The lowest BCUT2D eigenvalue weighted by molar-refractivity contribution is -0.141. The molecule has 2 aliphatic heterocycles. The zero-order valence-electron chi connectivity index (χ0n) is 11.9. The summed E-state index contributed by atoms with van der Waals surface area (Å²) in [5.74, 6) is 0.132. The summed E-state index contributed by atoms with van der Waals surface area (Å²) in [5, 5.41) is 5.43. The molecule has 1 N–H and O–H groups in total. The normalized spacial score (nSPS) is 23.6. The van der Waals surface area contributed by atoms with E-state index in [-0.39, 0.29) is 24.7 Å². The lowest BCUT2D eigenvalue weighted by Crippen LogP contribution is -2.41. The minimum atomic E-state index is 0.132. The lowest BCUT2D eigenvalue weighted by atomic mass is 10.0. The predicted molar refractivity (Wildman–Crippen MR) is 80.0 cm³/mol. The highest BCUT2D eigenvalue weighted by atomic mass is 32.1. The Morgan fingerprint density at radius 2 is 2.30 bits per heavy atom. The third-order valence-electron chi connectivity index (χ3n) is 4.33. The fourth-order valence-corrected chi connectivity index (χ4v) is 4.05. The number of ether oxygens (including phenoxy) is 1. The first kappa shape index (κ1) is 14.0. The number of nitrogens with one attached hydrogen (secondary N) is 1. The summed E-state index contributed by atoms with van der Waals surface area (Å²) in [6.45, 7) is 5.17. The molecule has 1 fully saturated rings. The molecule has 110 valence electrons. The molecule has 1 aromatic heterocycles. The first-order valence-corrected chi connectivity index (χ1v) is 8.31. The van der Waals surface area contributed by atoms with Gasteiger partial charge in [-0.1, -0.05) is 0 Å². The van der Waals surface area contributed by atoms with Crippen LogP contribution in [0.3, 0.4) is 0 Å². The first-order chi connectivity index (χ1) is 9.75. The van der Waals surface area contributed by atoms with Gasteiger partial charge in [-0.2, -0.15) is 0 Å². The van der Waals surface area contributed by atoms with Crippen molar-refractivity contribution in [3.8, 4) is 0 Å². The number of fused-ring (bicyclic) bond motifs is 1. The molecule has 1 amide bonds. The van der Waals surface area contributed by atoms with Gasteiger partial charge in [0.05, 0.1) is 12.1 Å². The van der Waals surface area contributed by atoms with E-state index < -0.39 is 0 Å². The minimum absolute atomic E-state index is 0.132. The molecule has 1 atom stereocenters. The van der Waals surface area contributed by atoms with E-state index in [2.05, 4.69) is 23.7 Å². The van der Waals surface area contributed by atoms with Crippen molar-refractivity contribution in [1.29, 1.82) is 0 Å². The van der Waals surface area contributed by atoms with Crippen LogP contribution >= 0.6 is 11.3 Å². The monoisotopic (exact) mass is 294 g/mol. The Labute approximate surface area is 124 Å². The molecular weight excluding hydrogens is 272 g/mol. The maximum atomic E-state index is 12.4. The van der Waals surface area contributed by atoms with E-state index in [0.29, 0.717) is 0 Å². The molecule has 20 heavy (non-hydrogen) atoms. The number of rotatable bonds is 3. The molecule has 4 nitrogen and oxygen atoms in total. The summed E-state index contributed by atoms with van der Waals surface area (Å²) in [5.41, 5.74) is 1.32. The maximum Gasteiger partial charge on any atom is 0.249 e. The summed E-state index contributed by atoms with van der Waals surface area (Å²) < 4.78 is 5.79. The summed E-state index contributed by atoms with van der Waals surface area (Å²) in [4.78, 5) is 15.8. The summed E-state index contributed by atoms with van der Waals surface area (Å²) in [6, 6.07) is 2.34. The van der Waals surface area contributed by atoms with Crippen LogP contribution in [0.2, 0.25) is 0 Å². The van der Waals surface area contributed by atoms with E-state index in [0.717, 1.165) is 38.9 Å². The van der Waals surface area contributed by atoms with Crippen LogP contribution in [0.1, 0.15) is 36.2 Å². The number of hydrogen-bond acceptors (Lipinski definition) is 4. The minimum Gasteiger partial charge on any atom is -0.368 e. The predicted octanol–water partition coefficient (Wildman–Crippen LogP) is 1.96. The fraction of sp³-hybridized carbons (Fsp3) is 0.667. The SMILES string of the molecule is CC1c2ccsc2CCN1C(=O)COC1CCNCC1. The Balaban J connectivity index is 1.55. The van der Waals surface area contributed by atoms with Crippen molar-refractivity contribution < 1.29 is 9.53 Å². The second-order valence-corrected chi connectivity index (χ2v) is 6.57. The third kappa shape index (κ3) is 2.90. The van der Waals surface area contributed by atoms with E-state index in [1.807, 2.05) is 4.90 Å². The average Bonchev–Trinajstić information content (AvgIpc) is 2.96. The lowest BCUT2D eigenvalue weighted by Gasteiger charge is -2.34. The van der Waals surface area contributed by atoms with Crippen LogP contribution < -0.4 is 5.32 Å². The molecule has 3 rings (SSSR count). The Bertz CT molecular complexity index is 468. The highest BCUT2D eigenvalue weighted by molar-refractivity contribution is 7.10. The van der Waals surface area contributed by atoms with Crippen molar-refractivity contribution >= 4 is 17.2 Å². The van der Waals surface area contributed by atoms with E-state index in [1.54, 1.807) is 11.3 Å². The molecule has 1 aromatic rings. The zero-order chi connectivity index (χ0) is 13.9. The molecule has 0 aliphatic carbocycles. The van der Waals surface area contributed by atoms with Crippen LogP contribution in [-0.4, -0.2) is 43.2 Å². The number of carbonyl (C=O) groups is 1. The van der Waals surface area contributed by atoms with Gasteiger partial charge < -0.3 is 15.0 Å². The number of amides is 1. The highest BCUT2D eigenvalue weighted by Gasteiger charge is 2.28. The molecule has 0 radical (unpaired) electrons. The van der Waals surface area contributed by atoms with Crippen molar-refractivity contribution in [1.82, 2.24) is 10.2 Å². The van der Waals surface area contributed by atoms with Crippen LogP contribution in [0.25, 0.3) is 0 Å². The van der Waals surface area contributed by atoms with Crippen molar-refractivity contribution in [2.75, 3.05) is 26.2 Å². The van der Waals surface area contributed by atoms with Gasteiger partial charge in [0, 0.05) is 11.4 Å². The van der Waals surface area contributed by atoms with Crippen molar-refractivity contribution in [3.05, 3.63) is 21.9 Å². The summed E-state index contributed by atoms with van der Waals surface area (Å²) in [6.07, 6.45) is 3.25. The number of nitrogens with zero attached hydrogens (tertiary/aromatic N) is 1. The summed E-state index contributed by atoms with van der Waals surface area (Å²) >= 11 is 1.80. The largest absolute Gasteiger partial charge is 0.368 e. The van der Waals surface area contributed by atoms with Gasteiger partial charge in [-0.25, -0.2) is 0 Å². The van der Waals surface area contributed by atoms with Crippen LogP contribution in [0.5, 0.6) is 0 Å². The second-order valence-electron chi connectivity index (χ2n) is 5.57. The third-order valence-corrected chi connectivity index (χ3v) is 5.32. The molecule has 0 saturated carbocycles. The van der Waals surface area contributed by atoms with Gasteiger partial charge in [-0.3, -0.25) is 4.79 Å². The van der Waals surface area contributed by atoms with Gasteiger partial charge in [0.1, 0.15) is 6.61 Å². The van der Waals surface area contributed by atoms with Crippen molar-refractivity contribution in [2.45, 2.75) is 38.3 Å². The maximum absolute atomic E-state index is 12.4. The molecule has 0 aromatic carbocycles. The molecule has 0 bridgehead atoms. The zero-order valence-corrected chi connectivity index (χ0v) is 12.7. The van der Waals surface area contributed by atoms with Gasteiger partial charge >= 0.3 is 0 Å². The van der Waals surface area contributed by atoms with E-state index in [1.165, 1.54) is 10.4 Å². The number of hydrogen-bond donors (Lipinski definition) is 1. The quantitative estimate of drug-likeness (QED) is 0.926.